The predicted molar refractivity (Wildman–Crippen MR) is 76.2 cm³/mol. The second kappa shape index (κ2) is 5.50. The largest absolute Gasteiger partial charge is 0.320 e. The van der Waals surface area contributed by atoms with Crippen molar-refractivity contribution in [1.82, 2.24) is 0 Å². The minimum absolute atomic E-state index is 0.0533. The SMILES string of the molecule is Cc1cccc(C(N)c2cc(F)c(F)cc2F)c1I. The van der Waals surface area contributed by atoms with Crippen LogP contribution in [-0.4, -0.2) is 0 Å². The molecule has 1 nitrogen and oxygen atoms in total. The summed E-state index contributed by atoms with van der Waals surface area (Å²) in [6, 6.07) is 5.95. The number of rotatable bonds is 2. The first-order chi connectivity index (χ1) is 8.91. The third-order valence-electron chi connectivity index (χ3n) is 2.93. The Balaban J connectivity index is 2.53. The zero-order chi connectivity index (χ0) is 14.2. The molecule has 0 saturated heterocycles. The molecule has 0 aromatic heterocycles. The van der Waals surface area contributed by atoms with Gasteiger partial charge >= 0.3 is 0 Å². The lowest BCUT2D eigenvalue weighted by Gasteiger charge is -2.16. The van der Waals surface area contributed by atoms with Crippen molar-refractivity contribution in [2.45, 2.75) is 13.0 Å². The lowest BCUT2D eigenvalue weighted by molar-refractivity contribution is 0.487. The van der Waals surface area contributed by atoms with Crippen molar-refractivity contribution < 1.29 is 13.2 Å². The monoisotopic (exact) mass is 377 g/mol. The summed E-state index contributed by atoms with van der Waals surface area (Å²) in [6.45, 7) is 1.90. The lowest BCUT2D eigenvalue weighted by Crippen LogP contribution is -2.16. The minimum Gasteiger partial charge on any atom is -0.320 e. The first kappa shape index (κ1) is 14.3. The van der Waals surface area contributed by atoms with E-state index in [9.17, 15) is 13.2 Å². The van der Waals surface area contributed by atoms with Gasteiger partial charge in [0.15, 0.2) is 11.6 Å². The van der Waals surface area contributed by atoms with Crippen LogP contribution >= 0.6 is 22.6 Å². The highest BCUT2D eigenvalue weighted by molar-refractivity contribution is 14.1. The molecule has 0 fully saturated rings. The molecule has 0 bridgehead atoms. The second-order valence-electron chi connectivity index (χ2n) is 4.24. The van der Waals surface area contributed by atoms with Crippen molar-refractivity contribution in [3.63, 3.8) is 0 Å². The van der Waals surface area contributed by atoms with Gasteiger partial charge in [-0.2, -0.15) is 0 Å². The van der Waals surface area contributed by atoms with Gasteiger partial charge in [-0.05, 0) is 46.7 Å². The van der Waals surface area contributed by atoms with E-state index in [1.807, 2.05) is 13.0 Å². The standard InChI is InChI=1S/C14H11F3IN/c1-7-3-2-4-8(13(7)18)14(19)9-5-11(16)12(17)6-10(9)15/h2-6,14H,19H2,1H3. The maximum Gasteiger partial charge on any atom is 0.161 e. The van der Waals surface area contributed by atoms with E-state index in [1.165, 1.54) is 0 Å². The van der Waals surface area contributed by atoms with Gasteiger partial charge in [-0.3, -0.25) is 0 Å². The topological polar surface area (TPSA) is 26.0 Å². The lowest BCUT2D eigenvalue weighted by atomic mass is 9.97. The molecular weight excluding hydrogens is 366 g/mol. The third-order valence-corrected chi connectivity index (χ3v) is 4.40. The van der Waals surface area contributed by atoms with Crippen LogP contribution in [-0.2, 0) is 0 Å². The Morgan fingerprint density at radius 1 is 1.00 bits per heavy atom. The van der Waals surface area contributed by atoms with Gasteiger partial charge in [0.2, 0.25) is 0 Å². The first-order valence-corrected chi connectivity index (χ1v) is 6.64. The van der Waals surface area contributed by atoms with Crippen molar-refractivity contribution in [3.8, 4) is 0 Å². The van der Waals surface area contributed by atoms with Gasteiger partial charge in [0, 0.05) is 15.2 Å². The van der Waals surface area contributed by atoms with Gasteiger partial charge in [0.05, 0.1) is 6.04 Å². The summed E-state index contributed by atoms with van der Waals surface area (Å²) < 4.78 is 40.7. The summed E-state index contributed by atoms with van der Waals surface area (Å²) in [5.74, 6) is -3.16. The zero-order valence-electron chi connectivity index (χ0n) is 10.1. The number of halogens is 4. The predicted octanol–water partition coefficient (Wildman–Crippen LogP) is 4.07. The molecule has 2 rings (SSSR count). The average molecular weight is 377 g/mol. The number of hydrogen-bond acceptors (Lipinski definition) is 1. The normalized spacial score (nSPS) is 12.5. The highest BCUT2D eigenvalue weighted by Crippen LogP contribution is 2.28. The summed E-state index contributed by atoms with van der Waals surface area (Å²) in [4.78, 5) is 0. The number of nitrogens with two attached hydrogens (primary N) is 1. The van der Waals surface area contributed by atoms with Gasteiger partial charge in [-0.1, -0.05) is 18.2 Å². The molecule has 19 heavy (non-hydrogen) atoms. The van der Waals surface area contributed by atoms with Gasteiger partial charge in [-0.25, -0.2) is 13.2 Å². The number of aryl methyl sites for hydroxylation is 1. The van der Waals surface area contributed by atoms with Gasteiger partial charge < -0.3 is 5.73 Å². The van der Waals surface area contributed by atoms with Gasteiger partial charge in [0.1, 0.15) is 5.82 Å². The van der Waals surface area contributed by atoms with Crippen LogP contribution < -0.4 is 5.73 Å². The molecule has 0 aliphatic rings. The molecule has 1 atom stereocenters. The molecule has 5 heteroatoms. The van der Waals surface area contributed by atoms with Crippen LogP contribution in [0.25, 0.3) is 0 Å². The molecule has 0 aliphatic carbocycles. The van der Waals surface area contributed by atoms with Gasteiger partial charge in [-0.15, -0.1) is 0 Å². The Kier molecular flexibility index (Phi) is 4.15. The highest BCUT2D eigenvalue weighted by Gasteiger charge is 2.19. The molecule has 1 unspecified atom stereocenters. The fourth-order valence-electron chi connectivity index (χ4n) is 1.85. The van der Waals surface area contributed by atoms with E-state index in [1.54, 1.807) is 12.1 Å². The maximum absolute atomic E-state index is 13.7. The second-order valence-corrected chi connectivity index (χ2v) is 5.32. The Hall–Kier alpha value is -1.08. The van der Waals surface area contributed by atoms with Crippen molar-refractivity contribution in [1.29, 1.82) is 0 Å². The van der Waals surface area contributed by atoms with Crippen molar-refractivity contribution in [2.24, 2.45) is 5.73 Å². The van der Waals surface area contributed by atoms with E-state index >= 15 is 0 Å². The average Bonchev–Trinajstić information content (AvgIpc) is 2.36. The number of benzene rings is 2. The van der Waals surface area contributed by atoms with Crippen molar-refractivity contribution >= 4 is 22.6 Å². The zero-order valence-corrected chi connectivity index (χ0v) is 12.2. The Labute approximate surface area is 122 Å². The summed E-state index contributed by atoms with van der Waals surface area (Å²) >= 11 is 2.10. The summed E-state index contributed by atoms with van der Waals surface area (Å²) in [5, 5.41) is 0. The van der Waals surface area contributed by atoms with Crippen LogP contribution in [0.5, 0.6) is 0 Å². The van der Waals surface area contributed by atoms with E-state index in [-0.39, 0.29) is 5.56 Å². The maximum atomic E-state index is 13.7. The van der Waals surface area contributed by atoms with Crippen LogP contribution in [0.15, 0.2) is 30.3 Å². The van der Waals surface area contributed by atoms with E-state index in [0.717, 1.165) is 15.2 Å². The van der Waals surface area contributed by atoms with Crippen LogP contribution in [0.3, 0.4) is 0 Å². The van der Waals surface area contributed by atoms with E-state index in [2.05, 4.69) is 22.6 Å². The minimum atomic E-state index is -1.22. The third kappa shape index (κ3) is 2.76. The van der Waals surface area contributed by atoms with Crippen LogP contribution in [0, 0.1) is 27.9 Å². The van der Waals surface area contributed by atoms with Crippen LogP contribution in [0.1, 0.15) is 22.7 Å². The molecule has 0 radical (unpaired) electrons. The molecule has 2 aromatic rings. The Morgan fingerprint density at radius 3 is 2.32 bits per heavy atom. The molecule has 0 saturated carbocycles. The molecular formula is C14H11F3IN. The molecule has 0 spiro atoms. The van der Waals surface area contributed by atoms with E-state index in [4.69, 9.17) is 5.73 Å². The van der Waals surface area contributed by atoms with Crippen molar-refractivity contribution in [3.05, 3.63) is 68.0 Å². The van der Waals surface area contributed by atoms with E-state index < -0.39 is 23.5 Å². The van der Waals surface area contributed by atoms with Crippen LogP contribution in [0.4, 0.5) is 13.2 Å². The summed E-state index contributed by atoms with van der Waals surface area (Å²) in [7, 11) is 0. The highest BCUT2D eigenvalue weighted by atomic mass is 127. The molecule has 0 amide bonds. The van der Waals surface area contributed by atoms with Crippen molar-refractivity contribution in [2.75, 3.05) is 0 Å². The molecule has 100 valence electrons. The van der Waals surface area contributed by atoms with Gasteiger partial charge in [0.25, 0.3) is 0 Å². The molecule has 0 aliphatic heterocycles. The fourth-order valence-corrected chi connectivity index (χ4v) is 2.55. The van der Waals surface area contributed by atoms with E-state index in [0.29, 0.717) is 11.6 Å². The Bertz CT molecular complexity index is 628. The molecule has 0 heterocycles. The quantitative estimate of drug-likeness (QED) is 0.620. The smallest absolute Gasteiger partial charge is 0.161 e. The van der Waals surface area contributed by atoms with Crippen LogP contribution in [0.2, 0.25) is 0 Å². The fraction of sp³-hybridized carbons (Fsp3) is 0.143. The molecule has 2 N–H and O–H groups in total. The first-order valence-electron chi connectivity index (χ1n) is 5.57. The summed E-state index contributed by atoms with van der Waals surface area (Å²) in [6.07, 6.45) is 0. The summed E-state index contributed by atoms with van der Waals surface area (Å²) in [5.41, 5.74) is 7.60. The number of hydrogen-bond donors (Lipinski definition) is 1. The molecule has 2 aromatic carbocycles. The Morgan fingerprint density at radius 2 is 1.63 bits per heavy atom.